The molecule has 0 saturated heterocycles. The van der Waals surface area contributed by atoms with E-state index in [1.54, 1.807) is 0 Å². The number of carboxylic acid groups (broad SMARTS) is 1. The maximum absolute atomic E-state index is 11.0. The molecule has 0 amide bonds. The largest absolute Gasteiger partial charge is 0.481 e. The van der Waals surface area contributed by atoms with Crippen LogP contribution in [0, 0.1) is 18.3 Å². The van der Waals surface area contributed by atoms with Crippen molar-refractivity contribution in [3.63, 3.8) is 0 Å². The zero-order chi connectivity index (χ0) is 16.0. The van der Waals surface area contributed by atoms with Crippen molar-refractivity contribution >= 4 is 29.0 Å². The zero-order valence-electron chi connectivity index (χ0n) is 13.1. The second-order valence-electron chi connectivity index (χ2n) is 6.31. The van der Waals surface area contributed by atoms with Crippen LogP contribution in [-0.2, 0) is 4.79 Å². The van der Waals surface area contributed by atoms with Gasteiger partial charge in [-0.25, -0.2) is 0 Å². The van der Waals surface area contributed by atoms with Crippen LogP contribution >= 0.6 is 12.2 Å². The summed E-state index contributed by atoms with van der Waals surface area (Å²) in [5.41, 5.74) is 1.98. The molecular weight excluding hydrogens is 284 g/mol. The molecule has 1 unspecified atom stereocenters. The van der Waals surface area contributed by atoms with Crippen molar-refractivity contribution in [2.24, 2.45) is 11.3 Å². The summed E-state index contributed by atoms with van der Waals surface area (Å²) in [4.78, 5) is 11.0. The summed E-state index contributed by atoms with van der Waals surface area (Å²) in [5, 5.41) is 15.8. The van der Waals surface area contributed by atoms with Gasteiger partial charge < -0.3 is 15.7 Å². The fourth-order valence-corrected chi connectivity index (χ4v) is 2.18. The lowest BCUT2D eigenvalue weighted by atomic mass is 9.79. The Morgan fingerprint density at radius 1 is 1.33 bits per heavy atom. The number of hydrogen-bond acceptors (Lipinski definition) is 2. The van der Waals surface area contributed by atoms with Crippen molar-refractivity contribution in [3.8, 4) is 0 Å². The minimum Gasteiger partial charge on any atom is -0.481 e. The Hall–Kier alpha value is -1.62. The molecule has 0 radical (unpaired) electrons. The van der Waals surface area contributed by atoms with Crippen LogP contribution in [0.3, 0.4) is 0 Å². The third kappa shape index (κ3) is 6.12. The molecule has 4 nitrogen and oxygen atoms in total. The lowest BCUT2D eigenvalue weighted by Gasteiger charge is -2.30. The number of aryl methyl sites for hydroxylation is 1. The van der Waals surface area contributed by atoms with Crippen LogP contribution in [0.4, 0.5) is 5.69 Å². The summed E-state index contributed by atoms with van der Waals surface area (Å²) in [7, 11) is 0. The molecule has 0 aliphatic carbocycles. The third-order valence-corrected chi connectivity index (χ3v) is 3.79. The molecule has 116 valence electrons. The number of aliphatic carboxylic acids is 1. The van der Waals surface area contributed by atoms with E-state index in [1.807, 2.05) is 52.0 Å². The first kappa shape index (κ1) is 17.4. The Morgan fingerprint density at radius 3 is 2.48 bits per heavy atom. The first-order valence-corrected chi connectivity index (χ1v) is 7.43. The molecule has 0 saturated carbocycles. The van der Waals surface area contributed by atoms with Gasteiger partial charge in [-0.05, 0) is 42.1 Å². The van der Waals surface area contributed by atoms with Gasteiger partial charge in [-0.3, -0.25) is 4.79 Å². The average molecular weight is 308 g/mol. The molecule has 1 aromatic rings. The standard InChI is InChI=1S/C16H24N2O2S/c1-11-7-5-6-8-13(11)18-15(21)17-10-12(9-14(19)20)16(2,3)4/h5-8,12H,9-10H2,1-4H3,(H,19,20)(H2,17,18,21). The second kappa shape index (κ2) is 7.41. The van der Waals surface area contributed by atoms with Crippen LogP contribution in [0.5, 0.6) is 0 Å². The van der Waals surface area contributed by atoms with Crippen LogP contribution < -0.4 is 10.6 Å². The van der Waals surface area contributed by atoms with E-state index in [-0.39, 0.29) is 17.8 Å². The van der Waals surface area contributed by atoms with Crippen molar-refractivity contribution in [2.45, 2.75) is 34.1 Å². The quantitative estimate of drug-likeness (QED) is 0.728. The van der Waals surface area contributed by atoms with Crippen LogP contribution in [-0.4, -0.2) is 22.7 Å². The number of hydrogen-bond donors (Lipinski definition) is 3. The topological polar surface area (TPSA) is 61.4 Å². The van der Waals surface area contributed by atoms with E-state index < -0.39 is 5.97 Å². The molecule has 0 spiro atoms. The normalized spacial score (nSPS) is 12.6. The van der Waals surface area contributed by atoms with Gasteiger partial charge >= 0.3 is 5.97 Å². The molecule has 21 heavy (non-hydrogen) atoms. The Labute approximate surface area is 131 Å². The van der Waals surface area contributed by atoms with Crippen LogP contribution in [0.15, 0.2) is 24.3 Å². The lowest BCUT2D eigenvalue weighted by molar-refractivity contribution is -0.139. The lowest BCUT2D eigenvalue weighted by Crippen LogP contribution is -2.38. The SMILES string of the molecule is Cc1ccccc1NC(=S)NCC(CC(=O)O)C(C)(C)C. The second-order valence-corrected chi connectivity index (χ2v) is 6.72. The Balaban J connectivity index is 2.58. The molecule has 0 heterocycles. The van der Waals surface area contributed by atoms with E-state index in [9.17, 15) is 4.79 Å². The number of nitrogens with one attached hydrogen (secondary N) is 2. The summed E-state index contributed by atoms with van der Waals surface area (Å²) < 4.78 is 0. The summed E-state index contributed by atoms with van der Waals surface area (Å²) >= 11 is 5.28. The molecular formula is C16H24N2O2S. The van der Waals surface area contributed by atoms with E-state index >= 15 is 0 Å². The van der Waals surface area contributed by atoms with E-state index in [0.29, 0.717) is 11.7 Å². The van der Waals surface area contributed by atoms with Crippen molar-refractivity contribution in [1.29, 1.82) is 0 Å². The minimum atomic E-state index is -0.783. The van der Waals surface area contributed by atoms with Crippen molar-refractivity contribution in [1.82, 2.24) is 5.32 Å². The summed E-state index contributed by atoms with van der Waals surface area (Å²) in [6.07, 6.45) is 0.128. The fraction of sp³-hybridized carbons (Fsp3) is 0.500. The number of carbonyl (C=O) groups is 1. The number of carboxylic acids is 1. The van der Waals surface area contributed by atoms with Crippen molar-refractivity contribution in [3.05, 3.63) is 29.8 Å². The number of thiocarbonyl (C=S) groups is 1. The molecule has 0 bridgehead atoms. The molecule has 0 fully saturated rings. The van der Waals surface area contributed by atoms with Crippen LogP contribution in [0.2, 0.25) is 0 Å². The fourth-order valence-electron chi connectivity index (χ4n) is 1.99. The minimum absolute atomic E-state index is 0.00613. The monoisotopic (exact) mass is 308 g/mol. The smallest absolute Gasteiger partial charge is 0.303 e. The van der Waals surface area contributed by atoms with E-state index in [2.05, 4.69) is 10.6 Å². The highest BCUT2D eigenvalue weighted by atomic mass is 32.1. The van der Waals surface area contributed by atoms with Crippen LogP contribution in [0.1, 0.15) is 32.8 Å². The van der Waals surface area contributed by atoms with E-state index in [1.165, 1.54) is 0 Å². The molecule has 0 aliphatic rings. The molecule has 1 aromatic carbocycles. The summed E-state index contributed by atoms with van der Waals surface area (Å²) in [6.45, 7) is 8.67. The van der Waals surface area contributed by atoms with Gasteiger partial charge in [0.15, 0.2) is 5.11 Å². The highest BCUT2D eigenvalue weighted by molar-refractivity contribution is 7.80. The first-order valence-electron chi connectivity index (χ1n) is 7.02. The Morgan fingerprint density at radius 2 is 1.95 bits per heavy atom. The van der Waals surface area contributed by atoms with Gasteiger partial charge in [0.05, 0.1) is 6.42 Å². The van der Waals surface area contributed by atoms with Gasteiger partial charge in [0.25, 0.3) is 0 Å². The number of para-hydroxylation sites is 1. The predicted molar refractivity (Wildman–Crippen MR) is 90.6 cm³/mol. The van der Waals surface area contributed by atoms with Gasteiger partial charge in [-0.1, -0.05) is 39.0 Å². The van der Waals surface area contributed by atoms with Crippen molar-refractivity contribution < 1.29 is 9.90 Å². The molecule has 0 aliphatic heterocycles. The van der Waals surface area contributed by atoms with E-state index in [4.69, 9.17) is 17.3 Å². The molecule has 0 aromatic heterocycles. The first-order chi connectivity index (χ1) is 9.70. The number of benzene rings is 1. The highest BCUT2D eigenvalue weighted by Crippen LogP contribution is 2.28. The van der Waals surface area contributed by atoms with E-state index in [0.717, 1.165) is 11.3 Å². The number of rotatable bonds is 5. The number of anilines is 1. The van der Waals surface area contributed by atoms with Gasteiger partial charge in [0, 0.05) is 12.2 Å². The average Bonchev–Trinajstić information content (AvgIpc) is 2.35. The third-order valence-electron chi connectivity index (χ3n) is 3.55. The molecule has 5 heteroatoms. The molecule has 1 atom stereocenters. The zero-order valence-corrected chi connectivity index (χ0v) is 13.9. The van der Waals surface area contributed by atoms with Gasteiger partial charge in [-0.15, -0.1) is 0 Å². The summed E-state index contributed by atoms with van der Waals surface area (Å²) in [5.74, 6) is -0.777. The van der Waals surface area contributed by atoms with Gasteiger partial charge in [-0.2, -0.15) is 0 Å². The summed E-state index contributed by atoms with van der Waals surface area (Å²) in [6, 6.07) is 7.88. The van der Waals surface area contributed by atoms with Crippen molar-refractivity contribution in [2.75, 3.05) is 11.9 Å². The molecule has 1 rings (SSSR count). The maximum Gasteiger partial charge on any atom is 0.303 e. The molecule has 3 N–H and O–H groups in total. The Bertz CT molecular complexity index is 509. The maximum atomic E-state index is 11.0. The van der Waals surface area contributed by atoms with Gasteiger partial charge in [0.1, 0.15) is 0 Å². The Kier molecular flexibility index (Phi) is 6.15. The highest BCUT2D eigenvalue weighted by Gasteiger charge is 2.26. The van der Waals surface area contributed by atoms with Crippen LogP contribution in [0.25, 0.3) is 0 Å². The van der Waals surface area contributed by atoms with Gasteiger partial charge in [0.2, 0.25) is 0 Å². The predicted octanol–water partition coefficient (Wildman–Crippen LogP) is 3.42.